The van der Waals surface area contributed by atoms with Crippen molar-refractivity contribution in [2.45, 2.75) is 27.2 Å². The van der Waals surface area contributed by atoms with Crippen LogP contribution in [0.25, 0.3) is 0 Å². The highest BCUT2D eigenvalue weighted by molar-refractivity contribution is 5.51. The summed E-state index contributed by atoms with van der Waals surface area (Å²) in [6, 6.07) is 6.88. The van der Waals surface area contributed by atoms with Crippen molar-refractivity contribution in [3.63, 3.8) is 0 Å². The van der Waals surface area contributed by atoms with E-state index in [0.29, 0.717) is 0 Å². The zero-order chi connectivity index (χ0) is 12.3. The van der Waals surface area contributed by atoms with Gasteiger partial charge in [0.2, 0.25) is 0 Å². The number of nitrogens with one attached hydrogen (secondary N) is 1. The molecule has 1 aliphatic heterocycles. The van der Waals surface area contributed by atoms with Gasteiger partial charge in [-0.25, -0.2) is 0 Å². The first-order chi connectivity index (χ1) is 8.15. The number of hydrogen-bond acceptors (Lipinski definition) is 2. The number of benzene rings is 1. The maximum atomic E-state index is 3.51. The summed E-state index contributed by atoms with van der Waals surface area (Å²) in [6.07, 6.45) is 1.24. The maximum Gasteiger partial charge on any atom is 0.0371 e. The van der Waals surface area contributed by atoms with Crippen LogP contribution >= 0.6 is 0 Å². The molecule has 0 bridgehead atoms. The molecule has 1 aliphatic rings. The van der Waals surface area contributed by atoms with Crippen LogP contribution < -0.4 is 10.2 Å². The van der Waals surface area contributed by atoms with Crippen LogP contribution in [0.5, 0.6) is 0 Å². The van der Waals surface area contributed by atoms with Crippen LogP contribution in [0.15, 0.2) is 18.2 Å². The van der Waals surface area contributed by atoms with Crippen molar-refractivity contribution in [1.29, 1.82) is 0 Å². The average Bonchev–Trinajstić information content (AvgIpc) is 2.21. The molecule has 1 saturated heterocycles. The van der Waals surface area contributed by atoms with Gasteiger partial charge < -0.3 is 10.2 Å². The van der Waals surface area contributed by atoms with Crippen molar-refractivity contribution in [3.05, 3.63) is 29.3 Å². The molecule has 0 radical (unpaired) electrons. The van der Waals surface area contributed by atoms with E-state index in [4.69, 9.17) is 0 Å². The van der Waals surface area contributed by atoms with Gasteiger partial charge in [0.05, 0.1) is 0 Å². The second-order valence-electron chi connectivity index (χ2n) is 5.45. The van der Waals surface area contributed by atoms with Crippen molar-refractivity contribution in [2.75, 3.05) is 31.1 Å². The third kappa shape index (κ3) is 3.47. The summed E-state index contributed by atoms with van der Waals surface area (Å²) in [4.78, 5) is 2.55. The van der Waals surface area contributed by atoms with E-state index in [0.717, 1.165) is 25.6 Å². The Morgan fingerprint density at radius 1 is 1.18 bits per heavy atom. The summed E-state index contributed by atoms with van der Waals surface area (Å²) >= 11 is 0. The first-order valence-corrected chi connectivity index (χ1v) is 6.69. The summed E-state index contributed by atoms with van der Waals surface area (Å²) in [5.41, 5.74) is 4.14. The van der Waals surface area contributed by atoms with Crippen molar-refractivity contribution in [1.82, 2.24) is 5.32 Å². The highest BCUT2D eigenvalue weighted by atomic mass is 15.1. The average molecular weight is 232 g/mol. The molecule has 1 fully saturated rings. The standard InChI is InChI=1S/C15H24N2/c1-12-7-13(2)9-15(8-12)17-6-4-5-16-10-14(3)11-17/h7-9,14,16H,4-6,10-11H2,1-3H3. The largest absolute Gasteiger partial charge is 0.371 e. The van der Waals surface area contributed by atoms with E-state index in [-0.39, 0.29) is 0 Å². The summed E-state index contributed by atoms with van der Waals surface area (Å²) in [7, 11) is 0. The van der Waals surface area contributed by atoms with Crippen LogP contribution in [0, 0.1) is 19.8 Å². The molecule has 0 spiro atoms. The minimum atomic E-state index is 0.719. The summed E-state index contributed by atoms with van der Waals surface area (Å²) in [6.45, 7) is 11.3. The monoisotopic (exact) mass is 232 g/mol. The highest BCUT2D eigenvalue weighted by Crippen LogP contribution is 2.20. The fourth-order valence-electron chi connectivity index (χ4n) is 2.64. The van der Waals surface area contributed by atoms with Crippen molar-refractivity contribution >= 4 is 5.69 Å². The molecule has 1 atom stereocenters. The lowest BCUT2D eigenvalue weighted by molar-refractivity contribution is 0.468. The van der Waals surface area contributed by atoms with Crippen LogP contribution in [0.3, 0.4) is 0 Å². The molecule has 1 N–H and O–H groups in total. The van der Waals surface area contributed by atoms with Gasteiger partial charge in [-0.1, -0.05) is 13.0 Å². The number of anilines is 1. The molecular formula is C15H24N2. The SMILES string of the molecule is Cc1cc(C)cc(N2CCCNCC(C)C2)c1. The van der Waals surface area contributed by atoms with Crippen LogP contribution in [-0.4, -0.2) is 26.2 Å². The Bertz CT molecular complexity index is 353. The zero-order valence-electron chi connectivity index (χ0n) is 11.3. The molecule has 2 heteroatoms. The number of aryl methyl sites for hydroxylation is 2. The Balaban J connectivity index is 2.17. The smallest absolute Gasteiger partial charge is 0.0371 e. The molecule has 17 heavy (non-hydrogen) atoms. The van der Waals surface area contributed by atoms with E-state index >= 15 is 0 Å². The second kappa shape index (κ2) is 5.54. The molecule has 94 valence electrons. The lowest BCUT2D eigenvalue weighted by Gasteiger charge is -2.31. The molecule has 0 amide bonds. The fraction of sp³-hybridized carbons (Fsp3) is 0.600. The van der Waals surface area contributed by atoms with Crippen LogP contribution in [0.1, 0.15) is 24.5 Å². The number of rotatable bonds is 1. The Morgan fingerprint density at radius 3 is 2.59 bits per heavy atom. The van der Waals surface area contributed by atoms with E-state index < -0.39 is 0 Å². The normalized spacial score (nSPS) is 22.1. The maximum absolute atomic E-state index is 3.51. The first-order valence-electron chi connectivity index (χ1n) is 6.69. The van der Waals surface area contributed by atoms with E-state index in [9.17, 15) is 0 Å². The molecular weight excluding hydrogens is 208 g/mol. The Kier molecular flexibility index (Phi) is 4.06. The summed E-state index contributed by atoms with van der Waals surface area (Å²) in [5, 5.41) is 3.51. The van der Waals surface area contributed by atoms with Gasteiger partial charge >= 0.3 is 0 Å². The summed E-state index contributed by atoms with van der Waals surface area (Å²) < 4.78 is 0. The van der Waals surface area contributed by atoms with Crippen molar-refractivity contribution < 1.29 is 0 Å². The predicted molar refractivity (Wildman–Crippen MR) is 74.8 cm³/mol. The minimum absolute atomic E-state index is 0.719. The Labute approximate surface area is 105 Å². The molecule has 0 aromatic heterocycles. The van der Waals surface area contributed by atoms with Gasteiger partial charge in [0.1, 0.15) is 0 Å². The third-order valence-electron chi connectivity index (χ3n) is 3.38. The van der Waals surface area contributed by atoms with E-state index in [1.54, 1.807) is 0 Å². The molecule has 0 aliphatic carbocycles. The first kappa shape index (κ1) is 12.4. The van der Waals surface area contributed by atoms with Gasteiger partial charge in [-0.2, -0.15) is 0 Å². The molecule has 0 saturated carbocycles. The highest BCUT2D eigenvalue weighted by Gasteiger charge is 2.13. The molecule has 2 nitrogen and oxygen atoms in total. The summed E-state index contributed by atoms with van der Waals surface area (Å²) in [5.74, 6) is 0.719. The van der Waals surface area contributed by atoms with Gasteiger partial charge in [0.25, 0.3) is 0 Å². The molecule has 1 unspecified atom stereocenters. The minimum Gasteiger partial charge on any atom is -0.371 e. The van der Waals surface area contributed by atoms with Gasteiger partial charge in [-0.15, -0.1) is 0 Å². The van der Waals surface area contributed by atoms with Gasteiger partial charge in [0, 0.05) is 18.8 Å². The van der Waals surface area contributed by atoms with Gasteiger partial charge in [-0.3, -0.25) is 0 Å². The predicted octanol–water partition coefficient (Wildman–Crippen LogP) is 2.74. The zero-order valence-corrected chi connectivity index (χ0v) is 11.3. The Morgan fingerprint density at radius 2 is 1.88 bits per heavy atom. The van der Waals surface area contributed by atoms with Gasteiger partial charge in [0.15, 0.2) is 0 Å². The lowest BCUT2D eigenvalue weighted by atomic mass is 10.1. The van der Waals surface area contributed by atoms with Crippen molar-refractivity contribution in [2.24, 2.45) is 5.92 Å². The quantitative estimate of drug-likeness (QED) is 0.801. The molecule has 1 aromatic carbocycles. The van der Waals surface area contributed by atoms with E-state index in [1.165, 1.54) is 29.8 Å². The molecule has 2 rings (SSSR count). The van der Waals surface area contributed by atoms with E-state index in [2.05, 4.69) is 49.2 Å². The third-order valence-corrected chi connectivity index (χ3v) is 3.38. The fourth-order valence-corrected chi connectivity index (χ4v) is 2.64. The van der Waals surface area contributed by atoms with Crippen molar-refractivity contribution in [3.8, 4) is 0 Å². The number of hydrogen-bond donors (Lipinski definition) is 1. The van der Waals surface area contributed by atoms with Crippen LogP contribution in [-0.2, 0) is 0 Å². The molecule has 1 aromatic rings. The number of nitrogens with zero attached hydrogens (tertiary/aromatic N) is 1. The lowest BCUT2D eigenvalue weighted by Crippen LogP contribution is -2.38. The Hall–Kier alpha value is -1.02. The van der Waals surface area contributed by atoms with Crippen LogP contribution in [0.4, 0.5) is 5.69 Å². The molecule has 1 heterocycles. The second-order valence-corrected chi connectivity index (χ2v) is 5.45. The van der Waals surface area contributed by atoms with Gasteiger partial charge in [-0.05, 0) is 62.5 Å². The van der Waals surface area contributed by atoms with E-state index in [1.807, 2.05) is 0 Å². The topological polar surface area (TPSA) is 15.3 Å². The van der Waals surface area contributed by atoms with Crippen LogP contribution in [0.2, 0.25) is 0 Å².